The lowest BCUT2D eigenvalue weighted by atomic mass is 10.0. The van der Waals surface area contributed by atoms with Crippen LogP contribution in [0.15, 0.2) is 60.9 Å². The van der Waals surface area contributed by atoms with E-state index in [1.54, 1.807) is 17.3 Å². The van der Waals surface area contributed by atoms with Crippen molar-refractivity contribution in [1.82, 2.24) is 19.9 Å². The second-order valence-electron chi connectivity index (χ2n) is 12.9. The lowest BCUT2D eigenvalue weighted by Crippen LogP contribution is -2.47. The van der Waals surface area contributed by atoms with E-state index in [4.69, 9.17) is 14.5 Å². The van der Waals surface area contributed by atoms with Crippen molar-refractivity contribution in [3.05, 3.63) is 66.5 Å². The summed E-state index contributed by atoms with van der Waals surface area (Å²) in [7, 11) is 0. The van der Waals surface area contributed by atoms with Crippen molar-refractivity contribution < 1.29 is 19.1 Å². The molecule has 1 aliphatic carbocycles. The Morgan fingerprint density at radius 3 is 2.62 bits per heavy atom. The minimum atomic E-state index is -0.545. The predicted molar refractivity (Wildman–Crippen MR) is 174 cm³/mol. The first kappa shape index (κ1) is 30.3. The van der Waals surface area contributed by atoms with E-state index in [0.29, 0.717) is 54.3 Å². The second kappa shape index (κ2) is 12.7. The minimum Gasteiger partial charge on any atom is -0.444 e. The van der Waals surface area contributed by atoms with Crippen LogP contribution in [0.4, 0.5) is 16.4 Å². The van der Waals surface area contributed by atoms with E-state index in [-0.39, 0.29) is 18.0 Å². The van der Waals surface area contributed by atoms with E-state index in [1.165, 1.54) is 0 Å². The number of aromatic nitrogens is 3. The van der Waals surface area contributed by atoms with Gasteiger partial charge in [-0.2, -0.15) is 0 Å². The van der Waals surface area contributed by atoms with Crippen molar-refractivity contribution in [3.63, 3.8) is 0 Å². The Kier molecular flexibility index (Phi) is 8.56. The highest BCUT2D eigenvalue weighted by atomic mass is 16.6. The molecule has 2 aromatic carbocycles. The number of ether oxygens (including phenoxy) is 2. The highest BCUT2D eigenvalue weighted by molar-refractivity contribution is 6.04. The van der Waals surface area contributed by atoms with Gasteiger partial charge >= 0.3 is 6.09 Å². The highest BCUT2D eigenvalue weighted by Crippen LogP contribution is 2.39. The zero-order chi connectivity index (χ0) is 31.6. The third-order valence-corrected chi connectivity index (χ3v) is 7.96. The zero-order valence-electron chi connectivity index (χ0n) is 26.3. The summed E-state index contributed by atoms with van der Waals surface area (Å²) in [4.78, 5) is 40.8. The number of likely N-dealkylation sites (tertiary alicyclic amines) is 1. The van der Waals surface area contributed by atoms with Crippen LogP contribution in [-0.4, -0.2) is 56.6 Å². The number of pyridine rings is 1. The van der Waals surface area contributed by atoms with Gasteiger partial charge in [-0.3, -0.25) is 4.79 Å². The molecule has 2 amide bonds. The molecule has 3 heterocycles. The Morgan fingerprint density at radius 1 is 0.978 bits per heavy atom. The summed E-state index contributed by atoms with van der Waals surface area (Å²) in [5.41, 5.74) is 2.53. The van der Waals surface area contributed by atoms with Crippen molar-refractivity contribution >= 4 is 34.4 Å². The first-order chi connectivity index (χ1) is 21.6. The Hall–Kier alpha value is -4.73. The van der Waals surface area contributed by atoms with E-state index >= 15 is 0 Å². The van der Waals surface area contributed by atoms with Crippen LogP contribution in [0.5, 0.6) is 11.6 Å². The molecule has 2 N–H and O–H groups in total. The van der Waals surface area contributed by atoms with Crippen molar-refractivity contribution in [1.29, 1.82) is 0 Å². The molecule has 6 rings (SSSR count). The molecule has 0 bridgehead atoms. The maximum Gasteiger partial charge on any atom is 0.410 e. The number of carbonyl (C=O) groups is 2. The number of aryl methyl sites for hydroxylation is 1. The summed E-state index contributed by atoms with van der Waals surface area (Å²) in [5, 5.41) is 8.30. The van der Waals surface area contributed by atoms with Crippen LogP contribution in [-0.2, 0) is 9.53 Å². The molecule has 0 spiro atoms. The second-order valence-corrected chi connectivity index (χ2v) is 12.9. The van der Waals surface area contributed by atoms with Gasteiger partial charge in [0, 0.05) is 54.4 Å². The van der Waals surface area contributed by atoms with Crippen LogP contribution in [0.1, 0.15) is 58.4 Å². The lowest BCUT2D eigenvalue weighted by molar-refractivity contribution is -0.116. The van der Waals surface area contributed by atoms with Crippen LogP contribution >= 0.6 is 0 Å². The van der Waals surface area contributed by atoms with E-state index in [9.17, 15) is 9.59 Å². The van der Waals surface area contributed by atoms with E-state index in [0.717, 1.165) is 47.7 Å². The number of hydrogen-bond acceptors (Lipinski definition) is 8. The molecule has 45 heavy (non-hydrogen) atoms. The molecule has 234 valence electrons. The van der Waals surface area contributed by atoms with Crippen molar-refractivity contribution in [3.8, 4) is 22.9 Å². The molecular weight excluding hydrogens is 568 g/mol. The van der Waals surface area contributed by atoms with Crippen molar-refractivity contribution in [2.24, 2.45) is 5.92 Å². The summed E-state index contributed by atoms with van der Waals surface area (Å²) < 4.78 is 12.1. The monoisotopic (exact) mass is 608 g/mol. The summed E-state index contributed by atoms with van der Waals surface area (Å²) in [6.07, 6.45) is 7.64. The SMILES string of the molecule is Cc1ccc2c(NC(=O)CC3CC3)cccc2c1Oc1ncccc1-c1ccnc(N[C@H]2CCCN(C(=O)OC(C)(C)C)C2)n1. The van der Waals surface area contributed by atoms with E-state index in [2.05, 4.69) is 20.6 Å². The van der Waals surface area contributed by atoms with Crippen LogP contribution in [0.3, 0.4) is 0 Å². The Bertz CT molecular complexity index is 1710. The minimum absolute atomic E-state index is 0.0107. The number of amides is 2. The Labute approximate surface area is 263 Å². The van der Waals surface area contributed by atoms with Gasteiger partial charge in [-0.1, -0.05) is 24.3 Å². The van der Waals surface area contributed by atoms with Gasteiger partial charge in [-0.25, -0.2) is 19.7 Å². The van der Waals surface area contributed by atoms with Crippen LogP contribution < -0.4 is 15.4 Å². The highest BCUT2D eigenvalue weighted by Gasteiger charge is 2.28. The molecule has 1 saturated carbocycles. The van der Waals surface area contributed by atoms with E-state index < -0.39 is 5.60 Å². The van der Waals surface area contributed by atoms with Gasteiger partial charge in [0.15, 0.2) is 0 Å². The summed E-state index contributed by atoms with van der Waals surface area (Å²) in [6, 6.07) is 15.4. The number of anilines is 2. The molecule has 1 aliphatic heterocycles. The van der Waals surface area contributed by atoms with Gasteiger partial charge in [0.1, 0.15) is 11.4 Å². The molecule has 1 atom stereocenters. The molecule has 0 radical (unpaired) electrons. The molecular formula is C35H40N6O4. The summed E-state index contributed by atoms with van der Waals surface area (Å²) >= 11 is 0. The number of nitrogens with zero attached hydrogens (tertiary/aromatic N) is 4. The smallest absolute Gasteiger partial charge is 0.410 e. The molecule has 10 heteroatoms. The average molecular weight is 609 g/mol. The number of hydrogen-bond donors (Lipinski definition) is 2. The van der Waals surface area contributed by atoms with Crippen molar-refractivity contribution in [2.75, 3.05) is 23.7 Å². The fourth-order valence-corrected chi connectivity index (χ4v) is 5.58. The topological polar surface area (TPSA) is 119 Å². The predicted octanol–water partition coefficient (Wildman–Crippen LogP) is 7.34. The third-order valence-electron chi connectivity index (χ3n) is 7.96. The van der Waals surface area contributed by atoms with Gasteiger partial charge in [-0.05, 0) is 89.1 Å². The fraction of sp³-hybridized carbons (Fsp3) is 0.400. The van der Waals surface area contributed by atoms with Gasteiger partial charge in [0.05, 0.1) is 11.3 Å². The van der Waals surface area contributed by atoms with Gasteiger partial charge < -0.3 is 25.0 Å². The van der Waals surface area contributed by atoms with Crippen LogP contribution in [0.2, 0.25) is 0 Å². The quantitative estimate of drug-likeness (QED) is 0.213. The number of rotatable bonds is 8. The molecule has 2 aliphatic rings. The average Bonchev–Trinajstić information content (AvgIpc) is 3.82. The lowest BCUT2D eigenvalue weighted by Gasteiger charge is -2.34. The largest absolute Gasteiger partial charge is 0.444 e. The molecule has 4 aromatic rings. The summed E-state index contributed by atoms with van der Waals surface area (Å²) in [5.74, 6) is 2.10. The Balaban J connectivity index is 1.22. The normalized spacial score (nSPS) is 16.7. The number of fused-ring (bicyclic) bond motifs is 1. The van der Waals surface area contributed by atoms with Crippen molar-refractivity contribution in [2.45, 2.75) is 71.4 Å². The summed E-state index contributed by atoms with van der Waals surface area (Å²) in [6.45, 7) is 8.77. The maximum absolute atomic E-state index is 12.7. The van der Waals surface area contributed by atoms with E-state index in [1.807, 2.05) is 76.2 Å². The standard InChI is InChI=1S/C35H40N6O4/c1-22-12-15-25-26(9-5-11-28(25)39-30(42)20-23-13-14-23)31(22)44-32-27(10-6-17-36-32)29-16-18-37-33(40-29)38-24-8-7-19-41(21-24)34(43)45-35(2,3)4/h5-6,9-12,15-18,23-24H,7-8,13-14,19-21H2,1-4H3,(H,39,42)(H,37,38,40)/t24-/m0/s1. The molecule has 2 fully saturated rings. The zero-order valence-corrected chi connectivity index (χ0v) is 26.3. The Morgan fingerprint density at radius 2 is 1.82 bits per heavy atom. The first-order valence-corrected chi connectivity index (χ1v) is 15.7. The number of carbonyl (C=O) groups excluding carboxylic acids is 2. The third kappa shape index (κ3) is 7.50. The number of piperidine rings is 1. The molecule has 10 nitrogen and oxygen atoms in total. The van der Waals surface area contributed by atoms with Gasteiger partial charge in [-0.15, -0.1) is 0 Å². The molecule has 2 aromatic heterocycles. The maximum atomic E-state index is 12.7. The molecule has 1 saturated heterocycles. The molecule has 0 unspecified atom stereocenters. The van der Waals surface area contributed by atoms with Crippen LogP contribution in [0.25, 0.3) is 22.0 Å². The first-order valence-electron chi connectivity index (χ1n) is 15.7. The number of benzene rings is 2. The van der Waals surface area contributed by atoms with Gasteiger partial charge in [0.2, 0.25) is 17.7 Å². The number of nitrogens with one attached hydrogen (secondary N) is 2. The van der Waals surface area contributed by atoms with Gasteiger partial charge in [0.25, 0.3) is 0 Å². The fourth-order valence-electron chi connectivity index (χ4n) is 5.58. The van der Waals surface area contributed by atoms with Crippen LogP contribution in [0, 0.1) is 12.8 Å².